The highest BCUT2D eigenvalue weighted by Gasteiger charge is 2.22. The molecule has 0 saturated carbocycles. The van der Waals surface area contributed by atoms with Crippen LogP contribution in [0.1, 0.15) is 33.7 Å². The van der Waals surface area contributed by atoms with Crippen LogP contribution < -0.4 is 0 Å². The van der Waals surface area contributed by atoms with Crippen LogP contribution in [0.15, 0.2) is 0 Å². The van der Waals surface area contributed by atoms with Gasteiger partial charge in [0.1, 0.15) is 5.69 Å². The largest absolute Gasteiger partial charge is 0.469 e. The van der Waals surface area contributed by atoms with E-state index in [0.29, 0.717) is 23.2 Å². The van der Waals surface area contributed by atoms with Crippen LogP contribution >= 0.6 is 11.6 Å². The van der Waals surface area contributed by atoms with Gasteiger partial charge in [-0.3, -0.25) is 14.4 Å². The zero-order valence-corrected chi connectivity index (χ0v) is 12.3. The van der Waals surface area contributed by atoms with Crippen molar-refractivity contribution >= 4 is 28.8 Å². The van der Waals surface area contributed by atoms with Gasteiger partial charge in [0.25, 0.3) is 5.24 Å². The number of carbonyl (C=O) groups excluding carboxylic acids is 3. The number of aryl methyl sites for hydroxylation is 1. The predicted octanol–water partition coefficient (Wildman–Crippen LogP) is 1.52. The number of aromatic amines is 1. The van der Waals surface area contributed by atoms with Gasteiger partial charge in [0.2, 0.25) is 0 Å². The van der Waals surface area contributed by atoms with Crippen LogP contribution in [0.4, 0.5) is 0 Å². The molecule has 110 valence electrons. The SMILES string of the molecule is COC(=O)CCc1c(C)[nH]c(C(=O)Cl)c1CC(=O)OC. The first-order valence-electron chi connectivity index (χ1n) is 5.94. The molecule has 0 bridgehead atoms. The Balaban J connectivity index is 3.10. The summed E-state index contributed by atoms with van der Waals surface area (Å²) in [7, 11) is 2.56. The molecule has 1 aromatic heterocycles. The Hall–Kier alpha value is -1.82. The lowest BCUT2D eigenvalue weighted by Gasteiger charge is -2.05. The second-order valence-electron chi connectivity index (χ2n) is 4.18. The van der Waals surface area contributed by atoms with Crippen LogP contribution in [-0.2, 0) is 31.9 Å². The van der Waals surface area contributed by atoms with Gasteiger partial charge < -0.3 is 14.5 Å². The molecule has 0 spiro atoms. The molecule has 7 heteroatoms. The Labute approximate surface area is 121 Å². The lowest BCUT2D eigenvalue weighted by Crippen LogP contribution is -2.10. The van der Waals surface area contributed by atoms with Crippen LogP contribution in [-0.4, -0.2) is 36.4 Å². The Morgan fingerprint density at radius 2 is 1.70 bits per heavy atom. The highest BCUT2D eigenvalue weighted by atomic mass is 35.5. The quantitative estimate of drug-likeness (QED) is 0.636. The molecule has 0 atom stereocenters. The fraction of sp³-hybridized carbons (Fsp3) is 0.462. The average molecular weight is 302 g/mol. The molecule has 0 fully saturated rings. The van der Waals surface area contributed by atoms with Gasteiger partial charge >= 0.3 is 11.9 Å². The lowest BCUT2D eigenvalue weighted by molar-refractivity contribution is -0.140. The summed E-state index contributed by atoms with van der Waals surface area (Å²) in [5.74, 6) is -0.851. The van der Waals surface area contributed by atoms with E-state index in [4.69, 9.17) is 11.6 Å². The molecular weight excluding hydrogens is 286 g/mol. The van der Waals surface area contributed by atoms with Crippen molar-refractivity contribution in [3.63, 3.8) is 0 Å². The van der Waals surface area contributed by atoms with E-state index < -0.39 is 11.2 Å². The molecule has 0 unspecified atom stereocenters. The molecule has 6 nitrogen and oxygen atoms in total. The highest BCUT2D eigenvalue weighted by molar-refractivity contribution is 6.67. The van der Waals surface area contributed by atoms with Crippen LogP contribution in [0.3, 0.4) is 0 Å². The number of nitrogens with one attached hydrogen (secondary N) is 1. The standard InChI is InChI=1S/C13H16ClNO5/c1-7-8(4-5-10(16)19-2)9(6-11(17)20-3)12(15-7)13(14)18/h15H,4-6H2,1-3H3. The highest BCUT2D eigenvalue weighted by Crippen LogP contribution is 2.23. The van der Waals surface area contributed by atoms with Crippen molar-refractivity contribution in [1.82, 2.24) is 4.98 Å². The summed E-state index contributed by atoms with van der Waals surface area (Å²) in [5.41, 5.74) is 2.04. The van der Waals surface area contributed by atoms with Crippen molar-refractivity contribution in [3.05, 3.63) is 22.5 Å². The summed E-state index contributed by atoms with van der Waals surface area (Å²) < 4.78 is 9.18. The maximum Gasteiger partial charge on any atom is 0.310 e. The zero-order chi connectivity index (χ0) is 15.3. The number of hydrogen-bond donors (Lipinski definition) is 1. The number of hydrogen-bond acceptors (Lipinski definition) is 5. The number of H-pyrrole nitrogens is 1. The number of esters is 2. The molecule has 1 N–H and O–H groups in total. The summed E-state index contributed by atoms with van der Waals surface area (Å²) in [4.78, 5) is 36.9. The fourth-order valence-corrected chi connectivity index (χ4v) is 2.12. The van der Waals surface area contributed by atoms with Crippen molar-refractivity contribution in [2.45, 2.75) is 26.2 Å². The molecule has 0 aliphatic carbocycles. The minimum Gasteiger partial charge on any atom is -0.469 e. The number of methoxy groups -OCH3 is 2. The number of halogens is 1. The molecular formula is C13H16ClNO5. The van der Waals surface area contributed by atoms with Gasteiger partial charge in [0, 0.05) is 12.1 Å². The minimum absolute atomic E-state index is 0.0782. The van der Waals surface area contributed by atoms with Crippen LogP contribution in [0, 0.1) is 6.92 Å². The zero-order valence-electron chi connectivity index (χ0n) is 11.5. The first kappa shape index (κ1) is 16.2. The molecule has 20 heavy (non-hydrogen) atoms. The molecule has 1 aromatic rings. The smallest absolute Gasteiger partial charge is 0.310 e. The van der Waals surface area contributed by atoms with Crippen LogP contribution in [0.25, 0.3) is 0 Å². The van der Waals surface area contributed by atoms with Gasteiger partial charge in [0.15, 0.2) is 0 Å². The van der Waals surface area contributed by atoms with E-state index in [1.54, 1.807) is 6.92 Å². The summed E-state index contributed by atoms with van der Waals surface area (Å²) >= 11 is 5.50. The molecule has 0 aromatic carbocycles. The van der Waals surface area contributed by atoms with Crippen molar-refractivity contribution in [3.8, 4) is 0 Å². The summed E-state index contributed by atoms with van der Waals surface area (Å²) in [5, 5.41) is -0.684. The average Bonchev–Trinajstić information content (AvgIpc) is 2.72. The molecule has 0 saturated heterocycles. The third kappa shape index (κ3) is 3.84. The normalized spacial score (nSPS) is 10.2. The van der Waals surface area contributed by atoms with Gasteiger partial charge in [-0.15, -0.1) is 0 Å². The molecule has 0 aliphatic rings. The number of aromatic nitrogens is 1. The number of ether oxygens (including phenoxy) is 2. The van der Waals surface area contributed by atoms with Gasteiger partial charge in [-0.2, -0.15) is 0 Å². The van der Waals surface area contributed by atoms with E-state index in [0.717, 1.165) is 0 Å². The summed E-state index contributed by atoms with van der Waals surface area (Å²) in [6, 6.07) is 0. The van der Waals surface area contributed by atoms with Crippen molar-refractivity contribution in [2.75, 3.05) is 14.2 Å². The molecule has 1 heterocycles. The van der Waals surface area contributed by atoms with Gasteiger partial charge in [0.05, 0.1) is 20.6 Å². The molecule has 0 aliphatic heterocycles. The Kier molecular flexibility index (Phi) is 5.76. The van der Waals surface area contributed by atoms with E-state index in [2.05, 4.69) is 14.5 Å². The first-order chi connectivity index (χ1) is 9.40. The van der Waals surface area contributed by atoms with E-state index in [9.17, 15) is 14.4 Å². The first-order valence-corrected chi connectivity index (χ1v) is 6.32. The lowest BCUT2D eigenvalue weighted by atomic mass is 10.0. The predicted molar refractivity (Wildman–Crippen MR) is 71.8 cm³/mol. The maximum atomic E-state index is 11.4. The summed E-state index contributed by atoms with van der Waals surface area (Å²) in [6.45, 7) is 1.75. The number of rotatable bonds is 6. The third-order valence-corrected chi connectivity index (χ3v) is 3.17. The Morgan fingerprint density at radius 1 is 1.10 bits per heavy atom. The van der Waals surface area contributed by atoms with E-state index in [1.165, 1.54) is 14.2 Å². The van der Waals surface area contributed by atoms with E-state index in [-0.39, 0.29) is 24.5 Å². The Morgan fingerprint density at radius 3 is 2.20 bits per heavy atom. The Bertz CT molecular complexity index is 535. The second-order valence-corrected chi connectivity index (χ2v) is 4.53. The molecule has 1 rings (SSSR count). The third-order valence-electron chi connectivity index (χ3n) is 2.98. The van der Waals surface area contributed by atoms with Crippen molar-refractivity contribution in [2.24, 2.45) is 0 Å². The van der Waals surface area contributed by atoms with Gasteiger partial charge in [-0.1, -0.05) is 0 Å². The number of carbonyl (C=O) groups is 3. The summed E-state index contributed by atoms with van der Waals surface area (Å²) in [6.07, 6.45) is 0.427. The van der Waals surface area contributed by atoms with Crippen molar-refractivity contribution in [1.29, 1.82) is 0 Å². The van der Waals surface area contributed by atoms with E-state index >= 15 is 0 Å². The maximum absolute atomic E-state index is 11.4. The van der Waals surface area contributed by atoms with Crippen molar-refractivity contribution < 1.29 is 23.9 Å². The van der Waals surface area contributed by atoms with Gasteiger partial charge in [-0.05, 0) is 36.1 Å². The van der Waals surface area contributed by atoms with Crippen LogP contribution in [0.2, 0.25) is 0 Å². The topological polar surface area (TPSA) is 85.5 Å². The molecule has 0 radical (unpaired) electrons. The van der Waals surface area contributed by atoms with Crippen LogP contribution in [0.5, 0.6) is 0 Å². The van der Waals surface area contributed by atoms with E-state index in [1.807, 2.05) is 0 Å². The minimum atomic E-state index is -0.684. The molecule has 0 amide bonds. The van der Waals surface area contributed by atoms with Gasteiger partial charge in [-0.25, -0.2) is 0 Å². The monoisotopic (exact) mass is 301 g/mol. The fourth-order valence-electron chi connectivity index (χ4n) is 1.96. The second kappa shape index (κ2) is 7.09.